The molecule has 104 valence electrons. The summed E-state index contributed by atoms with van der Waals surface area (Å²) in [6, 6.07) is 12.2. The number of hydrogen-bond donors (Lipinski definition) is 2. The van der Waals surface area contributed by atoms with E-state index in [2.05, 4.69) is 5.32 Å². The van der Waals surface area contributed by atoms with Gasteiger partial charge in [0.1, 0.15) is 5.69 Å². The second-order valence-corrected chi connectivity index (χ2v) is 4.25. The van der Waals surface area contributed by atoms with Crippen LogP contribution in [0.25, 0.3) is 0 Å². The molecule has 3 N–H and O–H groups in total. The summed E-state index contributed by atoms with van der Waals surface area (Å²) in [5.41, 5.74) is 8.26. The molecule has 0 fully saturated rings. The number of hydrogen-bond acceptors (Lipinski definition) is 5. The number of benzene rings is 2. The third-order valence-electron chi connectivity index (χ3n) is 2.82. The normalized spacial score (nSPS) is 10.2. The maximum absolute atomic E-state index is 10.7. The molecule has 20 heavy (non-hydrogen) atoms. The van der Waals surface area contributed by atoms with Gasteiger partial charge in [-0.25, -0.2) is 0 Å². The summed E-state index contributed by atoms with van der Waals surface area (Å²) in [5, 5.41) is 13.9. The summed E-state index contributed by atoms with van der Waals surface area (Å²) in [5.74, 6) is 0. The molecule has 0 amide bonds. The third-order valence-corrected chi connectivity index (χ3v) is 2.82. The van der Waals surface area contributed by atoms with Crippen LogP contribution in [0.3, 0.4) is 0 Å². The number of nitrogens with zero attached hydrogens (tertiary/aromatic N) is 1. The summed E-state index contributed by atoms with van der Waals surface area (Å²) in [4.78, 5) is 10.2. The van der Waals surface area contributed by atoms with Gasteiger partial charge < -0.3 is 15.8 Å². The van der Waals surface area contributed by atoms with Gasteiger partial charge in [-0.1, -0.05) is 18.2 Å². The van der Waals surface area contributed by atoms with E-state index in [0.717, 1.165) is 11.3 Å². The van der Waals surface area contributed by atoms with Crippen molar-refractivity contribution in [3.8, 4) is 0 Å². The van der Waals surface area contributed by atoms with E-state index in [1.807, 2.05) is 24.3 Å². The predicted molar refractivity (Wildman–Crippen MR) is 77.9 cm³/mol. The third kappa shape index (κ3) is 3.04. The molecule has 0 spiro atoms. The van der Waals surface area contributed by atoms with E-state index < -0.39 is 4.92 Å². The highest BCUT2D eigenvalue weighted by molar-refractivity contribution is 5.71. The van der Waals surface area contributed by atoms with Crippen LogP contribution in [0.1, 0.15) is 5.56 Å². The van der Waals surface area contributed by atoms with Crippen LogP contribution >= 0.6 is 0 Å². The quantitative estimate of drug-likeness (QED) is 0.496. The van der Waals surface area contributed by atoms with Gasteiger partial charge in [-0.2, -0.15) is 0 Å². The highest BCUT2D eigenvalue weighted by Crippen LogP contribution is 2.28. The molecule has 0 heterocycles. The maximum atomic E-state index is 10.7. The molecular weight excluding hydrogens is 258 g/mol. The van der Waals surface area contributed by atoms with Crippen LogP contribution in [0, 0.1) is 10.1 Å². The summed E-state index contributed by atoms with van der Waals surface area (Å²) >= 11 is 0. The number of anilines is 3. The second-order valence-electron chi connectivity index (χ2n) is 4.25. The standard InChI is InChI=1S/C14H15N3O3/c1-20-9-10-4-2-3-5-13(10)16-11-6-7-14(17(18)19)12(15)8-11/h2-8,16H,9,15H2,1H3. The lowest BCUT2D eigenvalue weighted by Crippen LogP contribution is -2.00. The van der Waals surface area contributed by atoms with Crippen LogP contribution in [0.5, 0.6) is 0 Å². The van der Waals surface area contributed by atoms with Crippen molar-refractivity contribution in [3.05, 3.63) is 58.1 Å². The average molecular weight is 273 g/mol. The van der Waals surface area contributed by atoms with Crippen molar-refractivity contribution in [2.75, 3.05) is 18.2 Å². The van der Waals surface area contributed by atoms with Gasteiger partial charge in [-0.05, 0) is 18.2 Å². The predicted octanol–water partition coefficient (Wildman–Crippen LogP) is 3.07. The van der Waals surface area contributed by atoms with Crippen molar-refractivity contribution < 1.29 is 9.66 Å². The van der Waals surface area contributed by atoms with Gasteiger partial charge in [0.15, 0.2) is 0 Å². The molecule has 0 aliphatic carbocycles. The molecule has 0 saturated heterocycles. The molecule has 6 heteroatoms. The monoisotopic (exact) mass is 273 g/mol. The zero-order chi connectivity index (χ0) is 14.5. The Hall–Kier alpha value is -2.60. The molecule has 2 aromatic carbocycles. The lowest BCUT2D eigenvalue weighted by atomic mass is 10.1. The van der Waals surface area contributed by atoms with Gasteiger partial charge in [-0.15, -0.1) is 0 Å². The van der Waals surface area contributed by atoms with Crippen LogP contribution in [0.4, 0.5) is 22.7 Å². The molecule has 6 nitrogen and oxygen atoms in total. The number of ether oxygens (including phenoxy) is 1. The molecule has 0 unspecified atom stereocenters. The molecule has 0 aliphatic heterocycles. The van der Waals surface area contributed by atoms with E-state index in [4.69, 9.17) is 10.5 Å². The molecule has 0 aliphatic rings. The first kappa shape index (κ1) is 13.8. The van der Waals surface area contributed by atoms with E-state index in [0.29, 0.717) is 12.3 Å². The lowest BCUT2D eigenvalue weighted by molar-refractivity contribution is -0.383. The van der Waals surface area contributed by atoms with Crippen molar-refractivity contribution in [2.24, 2.45) is 0 Å². The maximum Gasteiger partial charge on any atom is 0.292 e. The van der Waals surface area contributed by atoms with E-state index in [1.165, 1.54) is 6.07 Å². The Morgan fingerprint density at radius 2 is 2.05 bits per heavy atom. The largest absolute Gasteiger partial charge is 0.393 e. The number of methoxy groups -OCH3 is 1. The molecule has 0 saturated carbocycles. The summed E-state index contributed by atoms with van der Waals surface area (Å²) in [6.07, 6.45) is 0. The van der Waals surface area contributed by atoms with Gasteiger partial charge in [0, 0.05) is 30.1 Å². The summed E-state index contributed by atoms with van der Waals surface area (Å²) in [6.45, 7) is 0.478. The molecule has 0 aromatic heterocycles. The molecule has 0 bridgehead atoms. The number of nitro benzene ring substituents is 1. The Balaban J connectivity index is 2.26. The summed E-state index contributed by atoms with van der Waals surface area (Å²) < 4.78 is 5.13. The average Bonchev–Trinajstić information content (AvgIpc) is 2.41. The fourth-order valence-electron chi connectivity index (χ4n) is 1.88. The highest BCUT2D eigenvalue weighted by atomic mass is 16.6. The zero-order valence-corrected chi connectivity index (χ0v) is 11.0. The number of rotatable bonds is 5. The Labute approximate surface area is 116 Å². The molecular formula is C14H15N3O3. The van der Waals surface area contributed by atoms with Crippen molar-refractivity contribution in [3.63, 3.8) is 0 Å². The van der Waals surface area contributed by atoms with E-state index >= 15 is 0 Å². The van der Waals surface area contributed by atoms with Crippen molar-refractivity contribution in [1.29, 1.82) is 0 Å². The Kier molecular flexibility index (Phi) is 4.17. The fourth-order valence-corrected chi connectivity index (χ4v) is 1.88. The van der Waals surface area contributed by atoms with E-state index in [1.54, 1.807) is 19.2 Å². The molecule has 2 aromatic rings. The van der Waals surface area contributed by atoms with Gasteiger partial charge in [0.05, 0.1) is 11.5 Å². The van der Waals surface area contributed by atoms with Crippen molar-refractivity contribution in [2.45, 2.75) is 6.61 Å². The lowest BCUT2D eigenvalue weighted by Gasteiger charge is -2.12. The van der Waals surface area contributed by atoms with Crippen molar-refractivity contribution >= 4 is 22.7 Å². The second kappa shape index (κ2) is 6.03. The topological polar surface area (TPSA) is 90.4 Å². The van der Waals surface area contributed by atoms with Crippen LogP contribution in [0.2, 0.25) is 0 Å². The van der Waals surface area contributed by atoms with Gasteiger partial charge in [0.25, 0.3) is 5.69 Å². The van der Waals surface area contributed by atoms with E-state index in [-0.39, 0.29) is 11.4 Å². The van der Waals surface area contributed by atoms with Crippen molar-refractivity contribution in [1.82, 2.24) is 0 Å². The number of nitrogens with one attached hydrogen (secondary N) is 1. The van der Waals surface area contributed by atoms with Gasteiger partial charge in [-0.3, -0.25) is 10.1 Å². The van der Waals surface area contributed by atoms with Crippen LogP contribution in [-0.4, -0.2) is 12.0 Å². The van der Waals surface area contributed by atoms with Crippen LogP contribution in [0.15, 0.2) is 42.5 Å². The van der Waals surface area contributed by atoms with Crippen LogP contribution < -0.4 is 11.1 Å². The van der Waals surface area contributed by atoms with Gasteiger partial charge in [0.2, 0.25) is 0 Å². The minimum absolute atomic E-state index is 0.0965. The smallest absolute Gasteiger partial charge is 0.292 e. The first-order valence-electron chi connectivity index (χ1n) is 5.99. The van der Waals surface area contributed by atoms with E-state index in [9.17, 15) is 10.1 Å². The van der Waals surface area contributed by atoms with Crippen LogP contribution in [-0.2, 0) is 11.3 Å². The highest BCUT2D eigenvalue weighted by Gasteiger charge is 2.11. The minimum Gasteiger partial charge on any atom is -0.393 e. The fraction of sp³-hybridized carbons (Fsp3) is 0.143. The molecule has 2 rings (SSSR count). The summed E-state index contributed by atoms with van der Waals surface area (Å²) in [7, 11) is 1.63. The Morgan fingerprint density at radius 1 is 1.30 bits per heavy atom. The number of nitro groups is 1. The Morgan fingerprint density at radius 3 is 2.70 bits per heavy atom. The molecule has 0 radical (unpaired) electrons. The SMILES string of the molecule is COCc1ccccc1Nc1ccc([N+](=O)[O-])c(N)c1. The number of nitrogen functional groups attached to an aromatic ring is 1. The Bertz CT molecular complexity index is 629. The number of nitrogens with two attached hydrogens (primary N) is 1. The first-order valence-corrected chi connectivity index (χ1v) is 5.99. The van der Waals surface area contributed by atoms with Gasteiger partial charge >= 0.3 is 0 Å². The zero-order valence-electron chi connectivity index (χ0n) is 11.0. The minimum atomic E-state index is -0.502. The number of para-hydroxylation sites is 1. The molecule has 0 atom stereocenters. The first-order chi connectivity index (χ1) is 9.61.